The van der Waals surface area contributed by atoms with Gasteiger partial charge in [-0.25, -0.2) is 0 Å². The van der Waals surface area contributed by atoms with Crippen LogP contribution in [0.25, 0.3) is 6.08 Å². The Morgan fingerprint density at radius 2 is 1.86 bits per heavy atom. The van der Waals surface area contributed by atoms with Crippen molar-refractivity contribution in [2.75, 3.05) is 33.2 Å². The third-order valence-corrected chi connectivity index (χ3v) is 4.50. The number of nitrogens with zero attached hydrogens (tertiary/aromatic N) is 1. The van der Waals surface area contributed by atoms with Gasteiger partial charge in [-0.05, 0) is 75.6 Å². The summed E-state index contributed by atoms with van der Waals surface area (Å²) in [7, 11) is 2.03. The van der Waals surface area contributed by atoms with E-state index in [4.69, 9.17) is 23.2 Å². The Kier molecular flexibility index (Phi) is 7.05. The van der Waals surface area contributed by atoms with Gasteiger partial charge in [0.2, 0.25) is 0 Å². The maximum Gasteiger partial charge on any atom is 0.0426 e. The van der Waals surface area contributed by atoms with Crippen LogP contribution in [0.5, 0.6) is 0 Å². The van der Waals surface area contributed by atoms with Crippen LogP contribution in [0.1, 0.15) is 24.8 Å². The zero-order valence-electron chi connectivity index (χ0n) is 12.6. The number of nitrogens with one attached hydrogen (secondary N) is 1. The molecule has 0 radical (unpaired) electrons. The summed E-state index contributed by atoms with van der Waals surface area (Å²) in [6, 6.07) is 5.64. The first-order valence-electron chi connectivity index (χ1n) is 7.67. The highest BCUT2D eigenvalue weighted by Gasteiger charge is 2.17. The Balaban J connectivity index is 1.75. The lowest BCUT2D eigenvalue weighted by Crippen LogP contribution is -2.34. The Labute approximate surface area is 138 Å². The molecule has 1 saturated heterocycles. The Morgan fingerprint density at radius 3 is 2.48 bits per heavy atom. The second-order valence-electron chi connectivity index (χ2n) is 5.74. The fourth-order valence-corrected chi connectivity index (χ4v) is 3.36. The molecule has 0 amide bonds. The molecule has 1 aromatic rings. The zero-order chi connectivity index (χ0) is 15.1. The molecule has 1 aliphatic rings. The predicted molar refractivity (Wildman–Crippen MR) is 93.2 cm³/mol. The van der Waals surface area contributed by atoms with E-state index in [9.17, 15) is 0 Å². The number of halogens is 2. The quantitative estimate of drug-likeness (QED) is 0.837. The summed E-state index contributed by atoms with van der Waals surface area (Å²) in [4.78, 5) is 2.51. The molecular weight excluding hydrogens is 303 g/mol. The van der Waals surface area contributed by atoms with Crippen molar-refractivity contribution in [1.82, 2.24) is 10.2 Å². The topological polar surface area (TPSA) is 15.3 Å². The lowest BCUT2D eigenvalue weighted by Gasteiger charge is -2.31. The first-order chi connectivity index (χ1) is 10.2. The van der Waals surface area contributed by atoms with Crippen molar-refractivity contribution in [3.63, 3.8) is 0 Å². The molecule has 21 heavy (non-hydrogen) atoms. The first-order valence-corrected chi connectivity index (χ1v) is 8.42. The average molecular weight is 327 g/mol. The highest BCUT2D eigenvalue weighted by Crippen LogP contribution is 2.21. The molecule has 116 valence electrons. The molecule has 0 unspecified atom stereocenters. The van der Waals surface area contributed by atoms with E-state index in [2.05, 4.69) is 22.4 Å². The van der Waals surface area contributed by atoms with Gasteiger partial charge in [0.05, 0.1) is 0 Å². The van der Waals surface area contributed by atoms with Gasteiger partial charge in [-0.2, -0.15) is 0 Å². The minimum atomic E-state index is 0.687. The number of likely N-dealkylation sites (tertiary alicyclic amines) is 1. The van der Waals surface area contributed by atoms with E-state index in [1.165, 1.54) is 32.4 Å². The van der Waals surface area contributed by atoms with Crippen LogP contribution in [0, 0.1) is 5.92 Å². The molecule has 1 aliphatic heterocycles. The summed E-state index contributed by atoms with van der Waals surface area (Å²) >= 11 is 12.0. The first kappa shape index (κ1) is 16.8. The van der Waals surface area contributed by atoms with Crippen LogP contribution in [0.2, 0.25) is 10.0 Å². The number of rotatable bonds is 6. The Morgan fingerprint density at radius 1 is 1.19 bits per heavy atom. The van der Waals surface area contributed by atoms with Crippen LogP contribution in [-0.2, 0) is 0 Å². The lowest BCUT2D eigenvalue weighted by molar-refractivity contribution is 0.195. The van der Waals surface area contributed by atoms with Crippen LogP contribution in [-0.4, -0.2) is 38.1 Å². The number of benzene rings is 1. The van der Waals surface area contributed by atoms with Gasteiger partial charge in [0, 0.05) is 16.6 Å². The highest BCUT2D eigenvalue weighted by molar-refractivity contribution is 6.34. The number of hydrogen-bond acceptors (Lipinski definition) is 2. The smallest absolute Gasteiger partial charge is 0.0426 e. The van der Waals surface area contributed by atoms with Crippen molar-refractivity contribution >= 4 is 29.3 Å². The van der Waals surface area contributed by atoms with Gasteiger partial charge in [-0.1, -0.05) is 35.4 Å². The molecule has 2 rings (SSSR count). The maximum atomic E-state index is 6.00. The molecule has 0 bridgehead atoms. The van der Waals surface area contributed by atoms with Gasteiger partial charge in [0.1, 0.15) is 0 Å². The zero-order valence-corrected chi connectivity index (χ0v) is 14.1. The molecule has 0 spiro atoms. The average Bonchev–Trinajstić information content (AvgIpc) is 2.45. The fourth-order valence-electron chi connectivity index (χ4n) is 2.82. The normalized spacial score (nSPS) is 17.7. The summed E-state index contributed by atoms with van der Waals surface area (Å²) in [6.45, 7) is 4.55. The summed E-state index contributed by atoms with van der Waals surface area (Å²) in [6.07, 6.45) is 8.25. The second kappa shape index (κ2) is 8.79. The summed E-state index contributed by atoms with van der Waals surface area (Å²) < 4.78 is 0. The van der Waals surface area contributed by atoms with E-state index >= 15 is 0 Å². The largest absolute Gasteiger partial charge is 0.320 e. The lowest BCUT2D eigenvalue weighted by atomic mass is 9.93. The van der Waals surface area contributed by atoms with Crippen LogP contribution in [0.4, 0.5) is 0 Å². The Hall–Kier alpha value is -0.540. The number of piperidine rings is 1. The van der Waals surface area contributed by atoms with Gasteiger partial charge in [-0.3, -0.25) is 4.90 Å². The third kappa shape index (κ3) is 5.99. The van der Waals surface area contributed by atoms with Crippen molar-refractivity contribution in [1.29, 1.82) is 0 Å². The van der Waals surface area contributed by atoms with E-state index in [-0.39, 0.29) is 0 Å². The van der Waals surface area contributed by atoms with Crippen LogP contribution in [0.3, 0.4) is 0 Å². The standard InChI is InChI=1S/C17H24Cl2N2/c1-20-7-4-14-5-9-21(10-6-14)8-2-3-15-11-16(18)13-17(19)12-15/h2-3,11-14,20H,4-10H2,1H3/b3-2+. The SMILES string of the molecule is CNCCC1CCN(C/C=C/c2cc(Cl)cc(Cl)c2)CC1. The molecule has 2 nitrogen and oxygen atoms in total. The van der Waals surface area contributed by atoms with E-state index < -0.39 is 0 Å². The Bertz CT molecular complexity index is 446. The monoisotopic (exact) mass is 326 g/mol. The fraction of sp³-hybridized carbons (Fsp3) is 0.529. The molecule has 1 aromatic carbocycles. The molecular formula is C17H24Cl2N2. The second-order valence-corrected chi connectivity index (χ2v) is 6.61. The van der Waals surface area contributed by atoms with Gasteiger partial charge >= 0.3 is 0 Å². The molecule has 0 atom stereocenters. The third-order valence-electron chi connectivity index (χ3n) is 4.07. The molecule has 0 saturated carbocycles. The molecule has 1 heterocycles. The number of hydrogen-bond donors (Lipinski definition) is 1. The molecule has 1 fully saturated rings. The predicted octanol–water partition coefficient (Wildman–Crippen LogP) is 4.33. The van der Waals surface area contributed by atoms with Crippen molar-refractivity contribution in [2.45, 2.75) is 19.3 Å². The molecule has 0 aliphatic carbocycles. The van der Waals surface area contributed by atoms with Crippen molar-refractivity contribution in [3.05, 3.63) is 39.9 Å². The van der Waals surface area contributed by atoms with E-state index in [1.54, 1.807) is 6.07 Å². The van der Waals surface area contributed by atoms with Gasteiger partial charge in [0.15, 0.2) is 0 Å². The van der Waals surface area contributed by atoms with Crippen LogP contribution >= 0.6 is 23.2 Å². The van der Waals surface area contributed by atoms with E-state index in [1.807, 2.05) is 19.2 Å². The van der Waals surface area contributed by atoms with Crippen molar-refractivity contribution in [2.24, 2.45) is 5.92 Å². The molecule has 0 aromatic heterocycles. The maximum absolute atomic E-state index is 6.00. The summed E-state index contributed by atoms with van der Waals surface area (Å²) in [5, 5.41) is 4.62. The molecule has 4 heteroatoms. The summed E-state index contributed by atoms with van der Waals surface area (Å²) in [5.41, 5.74) is 1.07. The van der Waals surface area contributed by atoms with Crippen LogP contribution in [0.15, 0.2) is 24.3 Å². The van der Waals surface area contributed by atoms with Crippen molar-refractivity contribution < 1.29 is 0 Å². The van der Waals surface area contributed by atoms with Gasteiger partial charge in [0.25, 0.3) is 0 Å². The van der Waals surface area contributed by atoms with Crippen molar-refractivity contribution in [3.8, 4) is 0 Å². The minimum absolute atomic E-state index is 0.687. The van der Waals surface area contributed by atoms with Gasteiger partial charge < -0.3 is 5.32 Å². The van der Waals surface area contributed by atoms with E-state index in [0.717, 1.165) is 24.6 Å². The molecule has 1 N–H and O–H groups in total. The van der Waals surface area contributed by atoms with Gasteiger partial charge in [-0.15, -0.1) is 0 Å². The minimum Gasteiger partial charge on any atom is -0.320 e. The highest BCUT2D eigenvalue weighted by atomic mass is 35.5. The summed E-state index contributed by atoms with van der Waals surface area (Å²) in [5.74, 6) is 0.893. The van der Waals surface area contributed by atoms with Crippen LogP contribution < -0.4 is 5.32 Å². The van der Waals surface area contributed by atoms with E-state index in [0.29, 0.717) is 10.0 Å².